The first kappa shape index (κ1) is 20.1. The first-order chi connectivity index (χ1) is 15.1. The van der Waals surface area contributed by atoms with Crippen LogP contribution in [0.3, 0.4) is 0 Å². The summed E-state index contributed by atoms with van der Waals surface area (Å²) in [5.41, 5.74) is 3.77. The van der Waals surface area contributed by atoms with Gasteiger partial charge in [0.25, 0.3) is 5.56 Å². The van der Waals surface area contributed by atoms with Gasteiger partial charge in [0.1, 0.15) is 5.69 Å². The quantitative estimate of drug-likeness (QED) is 0.380. The van der Waals surface area contributed by atoms with Crippen molar-refractivity contribution in [2.45, 2.75) is 13.0 Å². The van der Waals surface area contributed by atoms with Gasteiger partial charge >= 0.3 is 5.97 Å². The molecule has 0 saturated carbocycles. The molecule has 0 radical (unpaired) electrons. The highest BCUT2D eigenvalue weighted by molar-refractivity contribution is 5.89. The van der Waals surface area contributed by atoms with Gasteiger partial charge < -0.3 is 9.30 Å². The predicted octanol–water partition coefficient (Wildman–Crippen LogP) is 3.83. The minimum atomic E-state index is -0.389. The normalized spacial score (nSPS) is 10.4. The average molecular weight is 408 g/mol. The van der Waals surface area contributed by atoms with E-state index in [9.17, 15) is 9.59 Å². The van der Waals surface area contributed by atoms with E-state index in [1.54, 1.807) is 29.0 Å². The van der Waals surface area contributed by atoms with Crippen LogP contribution in [0.25, 0.3) is 10.9 Å². The Hall–Kier alpha value is -4.17. The Morgan fingerprint density at radius 3 is 2.52 bits per heavy atom. The first-order valence-corrected chi connectivity index (χ1v) is 9.84. The summed E-state index contributed by atoms with van der Waals surface area (Å²) in [6, 6.07) is 22.3. The van der Waals surface area contributed by atoms with Crippen molar-refractivity contribution in [2.24, 2.45) is 0 Å². The van der Waals surface area contributed by atoms with Crippen molar-refractivity contribution >= 4 is 16.9 Å². The zero-order valence-electron chi connectivity index (χ0n) is 17.0. The third kappa shape index (κ3) is 4.88. The highest BCUT2D eigenvalue weighted by atomic mass is 16.5. The summed E-state index contributed by atoms with van der Waals surface area (Å²) in [6.45, 7) is 0.377. The highest BCUT2D eigenvalue weighted by Gasteiger charge is 2.06. The van der Waals surface area contributed by atoms with Crippen LogP contribution in [0.1, 0.15) is 27.2 Å². The van der Waals surface area contributed by atoms with E-state index >= 15 is 0 Å². The number of esters is 1. The van der Waals surface area contributed by atoms with E-state index in [0.29, 0.717) is 29.7 Å². The van der Waals surface area contributed by atoms with E-state index in [-0.39, 0.29) is 11.5 Å². The summed E-state index contributed by atoms with van der Waals surface area (Å²) in [4.78, 5) is 28.7. The van der Waals surface area contributed by atoms with Crippen molar-refractivity contribution in [1.82, 2.24) is 9.55 Å². The van der Waals surface area contributed by atoms with Gasteiger partial charge in [-0.2, -0.15) is 0 Å². The molecule has 2 aromatic heterocycles. The van der Waals surface area contributed by atoms with Crippen molar-refractivity contribution in [3.8, 4) is 11.8 Å². The number of rotatable bonds is 4. The second-order valence-electron chi connectivity index (χ2n) is 7.06. The Labute approximate surface area is 180 Å². The number of aromatic nitrogens is 2. The van der Waals surface area contributed by atoms with Gasteiger partial charge in [-0.15, -0.1) is 0 Å². The summed E-state index contributed by atoms with van der Waals surface area (Å²) < 4.78 is 6.31. The first-order valence-electron chi connectivity index (χ1n) is 9.84. The molecule has 0 amide bonds. The molecule has 2 heterocycles. The average Bonchev–Trinajstić information content (AvgIpc) is 2.80. The highest BCUT2D eigenvalue weighted by Crippen LogP contribution is 2.12. The fourth-order valence-corrected chi connectivity index (χ4v) is 3.22. The van der Waals surface area contributed by atoms with E-state index in [4.69, 9.17) is 4.74 Å². The number of methoxy groups -OCH3 is 1. The van der Waals surface area contributed by atoms with Crippen LogP contribution < -0.4 is 5.56 Å². The molecule has 0 fully saturated rings. The summed E-state index contributed by atoms with van der Waals surface area (Å²) in [6.07, 6.45) is 2.40. The zero-order chi connectivity index (χ0) is 21.6. The largest absolute Gasteiger partial charge is 0.465 e. The maximum absolute atomic E-state index is 12.5. The molecule has 5 heteroatoms. The topological polar surface area (TPSA) is 61.2 Å². The molecular weight excluding hydrogens is 388 g/mol. The second-order valence-corrected chi connectivity index (χ2v) is 7.06. The molecule has 0 atom stereocenters. The minimum absolute atomic E-state index is 0.116. The Morgan fingerprint density at radius 1 is 1.00 bits per heavy atom. The van der Waals surface area contributed by atoms with Crippen LogP contribution in [0.2, 0.25) is 0 Å². The second kappa shape index (κ2) is 9.10. The molecule has 0 saturated heterocycles. The van der Waals surface area contributed by atoms with Gasteiger partial charge in [0.05, 0.1) is 24.7 Å². The van der Waals surface area contributed by atoms with E-state index < -0.39 is 0 Å². The maximum atomic E-state index is 12.5. The molecule has 4 rings (SSSR count). The fraction of sp³-hybridized carbons (Fsp3) is 0.115. The third-order valence-corrected chi connectivity index (χ3v) is 4.88. The number of pyridine rings is 2. The molecule has 0 bridgehead atoms. The Balaban J connectivity index is 1.57. The molecule has 0 N–H and O–H groups in total. The summed E-state index contributed by atoms with van der Waals surface area (Å²) in [5, 5.41) is 0.774. The Morgan fingerprint density at radius 2 is 1.77 bits per heavy atom. The van der Waals surface area contributed by atoms with Crippen LogP contribution in [0.4, 0.5) is 0 Å². The summed E-state index contributed by atoms with van der Waals surface area (Å²) in [5.74, 6) is 5.86. The van der Waals surface area contributed by atoms with Crippen molar-refractivity contribution in [3.05, 3.63) is 112 Å². The number of carbonyl (C=O) groups excluding carboxylic acids is 1. The van der Waals surface area contributed by atoms with Crippen LogP contribution >= 0.6 is 0 Å². The van der Waals surface area contributed by atoms with E-state index in [2.05, 4.69) is 16.8 Å². The standard InChI is InChI=1S/C26H20N2O3/c1-31-26(30)21-12-10-20(11-13-21)17-28-18-24-22(16-25(28)29)14-15-23(27-24)9-5-8-19-6-3-2-4-7-19/h2-4,6-7,10-16,18H,8,17H2,1H3. The van der Waals surface area contributed by atoms with E-state index in [1.807, 2.05) is 54.6 Å². The third-order valence-electron chi connectivity index (χ3n) is 4.88. The molecule has 5 nitrogen and oxygen atoms in total. The lowest BCUT2D eigenvalue weighted by atomic mass is 10.1. The van der Waals surface area contributed by atoms with Crippen LogP contribution in [0.15, 0.2) is 83.8 Å². The van der Waals surface area contributed by atoms with Crippen molar-refractivity contribution < 1.29 is 9.53 Å². The van der Waals surface area contributed by atoms with Crippen molar-refractivity contribution in [2.75, 3.05) is 7.11 Å². The summed E-state index contributed by atoms with van der Waals surface area (Å²) in [7, 11) is 1.35. The van der Waals surface area contributed by atoms with Gasteiger partial charge in [0.2, 0.25) is 0 Å². The van der Waals surface area contributed by atoms with E-state index in [0.717, 1.165) is 16.5 Å². The van der Waals surface area contributed by atoms with Crippen LogP contribution in [-0.4, -0.2) is 22.6 Å². The molecular formula is C26H20N2O3. The van der Waals surface area contributed by atoms with Gasteiger partial charge in [0.15, 0.2) is 0 Å². The number of carbonyl (C=O) groups is 1. The number of ether oxygens (including phenoxy) is 1. The number of hydrogen-bond acceptors (Lipinski definition) is 4. The monoisotopic (exact) mass is 408 g/mol. The number of nitrogens with zero attached hydrogens (tertiary/aromatic N) is 2. The molecule has 0 spiro atoms. The lowest BCUT2D eigenvalue weighted by Crippen LogP contribution is -2.19. The van der Waals surface area contributed by atoms with Crippen molar-refractivity contribution in [1.29, 1.82) is 0 Å². The van der Waals surface area contributed by atoms with Crippen LogP contribution in [-0.2, 0) is 17.7 Å². The van der Waals surface area contributed by atoms with Gasteiger partial charge in [-0.05, 0) is 41.3 Å². The van der Waals surface area contributed by atoms with Gasteiger partial charge in [-0.1, -0.05) is 48.4 Å². The lowest BCUT2D eigenvalue weighted by Gasteiger charge is -2.08. The molecule has 0 unspecified atom stereocenters. The Kier molecular flexibility index (Phi) is 5.91. The number of hydrogen-bond donors (Lipinski definition) is 0. The van der Waals surface area contributed by atoms with Gasteiger partial charge in [0, 0.05) is 24.1 Å². The number of fused-ring (bicyclic) bond motifs is 1. The van der Waals surface area contributed by atoms with Crippen molar-refractivity contribution in [3.63, 3.8) is 0 Å². The lowest BCUT2D eigenvalue weighted by molar-refractivity contribution is 0.0600. The van der Waals surface area contributed by atoms with Crippen LogP contribution in [0, 0.1) is 11.8 Å². The van der Waals surface area contributed by atoms with Gasteiger partial charge in [-0.3, -0.25) is 4.79 Å². The Bertz CT molecular complexity index is 1350. The molecule has 0 aliphatic heterocycles. The summed E-state index contributed by atoms with van der Waals surface area (Å²) >= 11 is 0. The fourth-order valence-electron chi connectivity index (χ4n) is 3.22. The molecule has 4 aromatic rings. The van der Waals surface area contributed by atoms with Gasteiger partial charge in [-0.25, -0.2) is 9.78 Å². The molecule has 31 heavy (non-hydrogen) atoms. The SMILES string of the molecule is COC(=O)c1ccc(Cn2cc3nc(C#CCc4ccccc4)ccc3cc2=O)cc1. The zero-order valence-corrected chi connectivity index (χ0v) is 17.0. The molecule has 0 aliphatic carbocycles. The molecule has 152 valence electrons. The molecule has 0 aliphatic rings. The maximum Gasteiger partial charge on any atom is 0.337 e. The van der Waals surface area contributed by atoms with E-state index in [1.165, 1.54) is 7.11 Å². The minimum Gasteiger partial charge on any atom is -0.465 e. The predicted molar refractivity (Wildman–Crippen MR) is 120 cm³/mol. The smallest absolute Gasteiger partial charge is 0.337 e. The van der Waals surface area contributed by atoms with Crippen LogP contribution in [0.5, 0.6) is 0 Å². The molecule has 2 aromatic carbocycles. The number of benzene rings is 2.